The molecule has 0 aliphatic rings. The molecule has 0 spiro atoms. The summed E-state index contributed by atoms with van der Waals surface area (Å²) in [7, 11) is 0. The zero-order valence-corrected chi connectivity index (χ0v) is 10.4. The van der Waals surface area contributed by atoms with E-state index < -0.39 is 0 Å². The molecule has 0 bridgehead atoms. The van der Waals surface area contributed by atoms with Gasteiger partial charge in [0, 0.05) is 4.90 Å². The fourth-order valence-electron chi connectivity index (χ4n) is 0.987. The van der Waals surface area contributed by atoms with Gasteiger partial charge in [0.15, 0.2) is 0 Å². The summed E-state index contributed by atoms with van der Waals surface area (Å²) in [4.78, 5) is 12.2. The summed E-state index contributed by atoms with van der Waals surface area (Å²) in [5.41, 5.74) is 0.955. The second-order valence-electron chi connectivity index (χ2n) is 2.82. The molecule has 1 aromatic rings. The molecule has 0 N–H and O–H groups in total. The van der Waals surface area contributed by atoms with E-state index in [0.717, 1.165) is 34.3 Å². The number of rotatable bonds is 4. The minimum Gasteiger partial charge on any atom is -0.308 e. The molecule has 0 saturated heterocycles. The number of nitrogens with zero attached hydrogens (tertiary/aromatic N) is 1. The third-order valence-electron chi connectivity index (χ3n) is 1.65. The highest BCUT2D eigenvalue weighted by atomic mass is 32.2. The topological polar surface area (TPSA) is 50.1 Å². The van der Waals surface area contributed by atoms with E-state index in [1.165, 1.54) is 0 Å². The van der Waals surface area contributed by atoms with Gasteiger partial charge in [-0.15, -0.1) is 0 Å². The molecule has 0 radical (unpaired) electrons. The van der Waals surface area contributed by atoms with Gasteiger partial charge in [0.05, 0.1) is 31.1 Å². The van der Waals surface area contributed by atoms with Crippen molar-refractivity contribution in [2.24, 2.45) is 0 Å². The van der Waals surface area contributed by atoms with Gasteiger partial charge in [-0.3, -0.25) is 4.79 Å². The van der Waals surface area contributed by atoms with Gasteiger partial charge in [-0.2, -0.15) is 5.26 Å². The molecule has 0 heterocycles. The maximum Gasteiger partial charge on any atom is 0.277 e. The number of hydrogen-bond acceptors (Lipinski definition) is 5. The zero-order valence-electron chi connectivity index (χ0n) is 8.80. The van der Waals surface area contributed by atoms with Gasteiger partial charge in [0.2, 0.25) is 0 Å². The summed E-state index contributed by atoms with van der Waals surface area (Å²) < 4.78 is 4.84. The van der Waals surface area contributed by atoms with Crippen LogP contribution < -0.4 is 0 Å². The lowest BCUT2D eigenvalue weighted by Crippen LogP contribution is -1.86. The molecule has 0 saturated carbocycles. The smallest absolute Gasteiger partial charge is 0.277 e. The Balaban J connectivity index is 2.49. The molecule has 84 valence electrons. The van der Waals surface area contributed by atoms with E-state index in [-0.39, 0.29) is 4.45 Å². The van der Waals surface area contributed by atoms with Crippen molar-refractivity contribution in [3.8, 4) is 6.07 Å². The highest BCUT2D eigenvalue weighted by Gasteiger charge is 2.05. The second kappa shape index (κ2) is 7.34. The Morgan fingerprint density at radius 2 is 2.12 bits per heavy atom. The van der Waals surface area contributed by atoms with E-state index in [9.17, 15) is 4.79 Å². The molecule has 0 aliphatic heterocycles. The standard InChI is InChI=1S/C11H11NO2S2/c1-2-14-16-11(13)15-10-5-3-9(4-6-10)7-8-12/h3-6H,2,7H2,1H3. The van der Waals surface area contributed by atoms with E-state index >= 15 is 0 Å². The van der Waals surface area contributed by atoms with E-state index in [1.54, 1.807) is 0 Å². The van der Waals surface area contributed by atoms with Crippen molar-refractivity contribution in [2.45, 2.75) is 18.2 Å². The number of carbonyl (C=O) groups is 1. The summed E-state index contributed by atoms with van der Waals surface area (Å²) in [5, 5.41) is 8.50. The third-order valence-corrected chi connectivity index (χ3v) is 3.27. The predicted octanol–water partition coefficient (Wildman–Crippen LogP) is 3.65. The molecule has 0 aliphatic carbocycles. The molecule has 0 fully saturated rings. The Labute approximate surface area is 103 Å². The third kappa shape index (κ3) is 4.71. The zero-order chi connectivity index (χ0) is 11.8. The maximum absolute atomic E-state index is 11.3. The van der Waals surface area contributed by atoms with E-state index in [4.69, 9.17) is 9.44 Å². The van der Waals surface area contributed by atoms with Crippen LogP contribution in [0.3, 0.4) is 0 Å². The first-order valence-electron chi connectivity index (χ1n) is 4.73. The molecular weight excluding hydrogens is 242 g/mol. The summed E-state index contributed by atoms with van der Waals surface area (Å²) in [6.07, 6.45) is 0.395. The average molecular weight is 253 g/mol. The number of carbonyl (C=O) groups excluding carboxylic acids is 1. The molecule has 16 heavy (non-hydrogen) atoms. The van der Waals surface area contributed by atoms with Gasteiger partial charge in [0.1, 0.15) is 0 Å². The first-order chi connectivity index (χ1) is 7.76. The van der Waals surface area contributed by atoms with Gasteiger partial charge < -0.3 is 4.18 Å². The first-order valence-corrected chi connectivity index (χ1v) is 6.29. The van der Waals surface area contributed by atoms with Crippen molar-refractivity contribution in [2.75, 3.05) is 6.61 Å². The summed E-state index contributed by atoms with van der Waals surface area (Å²) in [6.45, 7) is 2.35. The van der Waals surface area contributed by atoms with Gasteiger partial charge >= 0.3 is 0 Å². The van der Waals surface area contributed by atoms with Crippen LogP contribution in [-0.4, -0.2) is 11.1 Å². The molecular formula is C11H11NO2S2. The van der Waals surface area contributed by atoms with Crippen LogP contribution in [0.2, 0.25) is 0 Å². The van der Waals surface area contributed by atoms with Crippen molar-refractivity contribution < 1.29 is 8.98 Å². The largest absolute Gasteiger partial charge is 0.308 e. The van der Waals surface area contributed by atoms with Crippen LogP contribution >= 0.6 is 23.8 Å². The van der Waals surface area contributed by atoms with Crippen LogP contribution in [0.25, 0.3) is 0 Å². The van der Waals surface area contributed by atoms with Crippen LogP contribution in [0.1, 0.15) is 12.5 Å². The van der Waals surface area contributed by atoms with Crippen molar-refractivity contribution >= 4 is 28.3 Å². The first kappa shape index (κ1) is 13.1. The molecule has 0 unspecified atom stereocenters. The van der Waals surface area contributed by atoms with Crippen LogP contribution in [0.15, 0.2) is 29.2 Å². The summed E-state index contributed by atoms with van der Waals surface area (Å²) in [5.74, 6) is 0. The van der Waals surface area contributed by atoms with E-state index in [1.807, 2.05) is 31.2 Å². The Morgan fingerprint density at radius 3 is 2.69 bits per heavy atom. The monoisotopic (exact) mass is 253 g/mol. The van der Waals surface area contributed by atoms with Gasteiger partial charge in [-0.1, -0.05) is 12.1 Å². The molecule has 1 aromatic carbocycles. The van der Waals surface area contributed by atoms with Crippen molar-refractivity contribution in [3.63, 3.8) is 0 Å². The Hall–Kier alpha value is -0.960. The molecule has 0 atom stereocenters. The van der Waals surface area contributed by atoms with Gasteiger partial charge in [0.25, 0.3) is 4.45 Å². The van der Waals surface area contributed by atoms with Crippen LogP contribution in [-0.2, 0) is 10.6 Å². The Bertz CT molecular complexity index is 384. The minimum atomic E-state index is -0.0881. The van der Waals surface area contributed by atoms with Crippen molar-refractivity contribution in [1.82, 2.24) is 0 Å². The lowest BCUT2D eigenvalue weighted by atomic mass is 10.2. The van der Waals surface area contributed by atoms with Crippen LogP contribution in [0.5, 0.6) is 0 Å². The predicted molar refractivity (Wildman–Crippen MR) is 66.2 cm³/mol. The molecule has 0 aromatic heterocycles. The summed E-state index contributed by atoms with van der Waals surface area (Å²) in [6, 6.07) is 9.45. The second-order valence-corrected chi connectivity index (χ2v) is 4.90. The van der Waals surface area contributed by atoms with Crippen LogP contribution in [0.4, 0.5) is 4.79 Å². The van der Waals surface area contributed by atoms with Crippen LogP contribution in [0, 0.1) is 11.3 Å². The molecule has 1 rings (SSSR count). The quantitative estimate of drug-likeness (QED) is 0.605. The highest BCUT2D eigenvalue weighted by Crippen LogP contribution is 2.26. The fourth-order valence-corrected chi connectivity index (χ4v) is 2.23. The average Bonchev–Trinajstić information content (AvgIpc) is 2.29. The van der Waals surface area contributed by atoms with E-state index in [0.29, 0.717) is 13.0 Å². The maximum atomic E-state index is 11.3. The minimum absolute atomic E-state index is 0.0881. The molecule has 0 amide bonds. The van der Waals surface area contributed by atoms with Crippen molar-refractivity contribution in [3.05, 3.63) is 29.8 Å². The van der Waals surface area contributed by atoms with Gasteiger partial charge in [-0.05, 0) is 36.4 Å². The SMILES string of the molecule is CCOSC(=O)Sc1ccc(CC#N)cc1. The fraction of sp³-hybridized carbons (Fsp3) is 0.273. The normalized spacial score (nSPS) is 9.75. The lowest BCUT2D eigenvalue weighted by molar-refractivity contribution is 0.274. The van der Waals surface area contributed by atoms with E-state index in [2.05, 4.69) is 6.07 Å². The number of nitriles is 1. The highest BCUT2D eigenvalue weighted by molar-refractivity contribution is 8.36. The Kier molecular flexibility index (Phi) is 6.01. The van der Waals surface area contributed by atoms with Gasteiger partial charge in [-0.25, -0.2) is 0 Å². The molecule has 3 nitrogen and oxygen atoms in total. The lowest BCUT2D eigenvalue weighted by Gasteiger charge is -2.00. The number of thioether (sulfide) groups is 1. The Morgan fingerprint density at radius 1 is 1.44 bits per heavy atom. The number of hydrogen-bond donors (Lipinski definition) is 0. The summed E-state index contributed by atoms with van der Waals surface area (Å²) >= 11 is 1.98. The van der Waals surface area contributed by atoms with Crippen molar-refractivity contribution in [1.29, 1.82) is 5.26 Å². The molecule has 5 heteroatoms. The number of benzene rings is 1.